The van der Waals surface area contributed by atoms with Crippen LogP contribution in [0.4, 0.5) is 0 Å². The van der Waals surface area contributed by atoms with Crippen molar-refractivity contribution in [2.45, 2.75) is 58.1 Å². The van der Waals surface area contributed by atoms with E-state index in [0.717, 1.165) is 6.42 Å². The molecular formula is C11H21NO4. The predicted octanol–water partition coefficient (Wildman–Crippen LogP) is 1.30. The van der Waals surface area contributed by atoms with Gasteiger partial charge in [0.25, 0.3) is 0 Å². The van der Waals surface area contributed by atoms with Gasteiger partial charge < -0.3 is 15.6 Å². The molecule has 0 aromatic carbocycles. The van der Waals surface area contributed by atoms with E-state index < -0.39 is 23.1 Å². The third-order valence-corrected chi connectivity index (χ3v) is 2.07. The molecule has 5 nitrogen and oxygen atoms in total. The van der Waals surface area contributed by atoms with Crippen LogP contribution in [0.1, 0.15) is 47.0 Å². The fourth-order valence-electron chi connectivity index (χ4n) is 1.12. The molecule has 0 saturated carbocycles. The molecular weight excluding hydrogens is 210 g/mol. The van der Waals surface area contributed by atoms with Crippen molar-refractivity contribution in [1.82, 2.24) is 0 Å². The number of ether oxygens (including phenoxy) is 1. The van der Waals surface area contributed by atoms with Crippen LogP contribution >= 0.6 is 0 Å². The van der Waals surface area contributed by atoms with Gasteiger partial charge in [-0.3, -0.25) is 0 Å². The van der Waals surface area contributed by atoms with Crippen LogP contribution in [0, 0.1) is 0 Å². The highest BCUT2D eigenvalue weighted by Gasteiger charge is 2.44. The van der Waals surface area contributed by atoms with Gasteiger partial charge in [0.2, 0.25) is 5.54 Å². The molecule has 1 unspecified atom stereocenters. The highest BCUT2D eigenvalue weighted by atomic mass is 16.6. The molecule has 0 radical (unpaired) electrons. The number of carbonyl (C=O) groups is 2. The van der Waals surface area contributed by atoms with E-state index >= 15 is 0 Å². The maximum atomic E-state index is 11.7. The summed E-state index contributed by atoms with van der Waals surface area (Å²) in [6.45, 7) is 6.92. The van der Waals surface area contributed by atoms with Crippen LogP contribution in [0.25, 0.3) is 0 Å². The molecule has 5 heteroatoms. The zero-order valence-electron chi connectivity index (χ0n) is 10.4. The molecule has 0 spiro atoms. The van der Waals surface area contributed by atoms with E-state index in [0.29, 0.717) is 6.42 Å². The molecule has 0 fully saturated rings. The van der Waals surface area contributed by atoms with Crippen molar-refractivity contribution in [3.05, 3.63) is 0 Å². The topological polar surface area (TPSA) is 89.6 Å². The van der Waals surface area contributed by atoms with Gasteiger partial charge in [-0.25, -0.2) is 9.59 Å². The molecule has 0 aliphatic heterocycles. The SMILES string of the molecule is CCCCC(N)(C(=O)O)C(=O)OC(C)(C)C. The Morgan fingerprint density at radius 2 is 1.81 bits per heavy atom. The van der Waals surface area contributed by atoms with Gasteiger partial charge in [-0.15, -0.1) is 0 Å². The smallest absolute Gasteiger partial charge is 0.338 e. The van der Waals surface area contributed by atoms with Gasteiger partial charge in [0.1, 0.15) is 5.60 Å². The monoisotopic (exact) mass is 231 g/mol. The largest absolute Gasteiger partial charge is 0.479 e. The van der Waals surface area contributed by atoms with Crippen molar-refractivity contribution in [2.75, 3.05) is 0 Å². The van der Waals surface area contributed by atoms with Gasteiger partial charge in [0.15, 0.2) is 0 Å². The van der Waals surface area contributed by atoms with Gasteiger partial charge in [-0.05, 0) is 27.2 Å². The lowest BCUT2D eigenvalue weighted by atomic mass is 9.94. The van der Waals surface area contributed by atoms with Crippen LogP contribution in [0.3, 0.4) is 0 Å². The maximum Gasteiger partial charge on any atom is 0.338 e. The average Bonchev–Trinajstić information content (AvgIpc) is 2.10. The fourth-order valence-corrected chi connectivity index (χ4v) is 1.12. The first kappa shape index (κ1) is 14.9. The minimum Gasteiger partial charge on any atom is -0.479 e. The first-order valence-corrected chi connectivity index (χ1v) is 5.39. The molecule has 3 N–H and O–H groups in total. The number of hydrogen-bond acceptors (Lipinski definition) is 4. The number of carboxylic acids is 1. The summed E-state index contributed by atoms with van der Waals surface area (Å²) in [6.07, 6.45) is 1.44. The second-order valence-electron chi connectivity index (χ2n) is 4.88. The number of aliphatic carboxylic acids is 1. The Labute approximate surface area is 96.0 Å². The molecule has 1 atom stereocenters. The molecule has 0 aromatic rings. The Morgan fingerprint density at radius 1 is 1.31 bits per heavy atom. The van der Waals surface area contributed by atoms with Crippen LogP contribution in [-0.2, 0) is 14.3 Å². The van der Waals surface area contributed by atoms with Crippen molar-refractivity contribution in [3.63, 3.8) is 0 Å². The van der Waals surface area contributed by atoms with E-state index in [-0.39, 0.29) is 6.42 Å². The number of rotatable bonds is 5. The number of carboxylic acid groups (broad SMARTS) is 1. The first-order valence-electron chi connectivity index (χ1n) is 5.39. The van der Waals surface area contributed by atoms with Crippen molar-refractivity contribution >= 4 is 11.9 Å². The Morgan fingerprint density at radius 3 is 2.12 bits per heavy atom. The zero-order valence-corrected chi connectivity index (χ0v) is 10.4. The third kappa shape index (κ3) is 4.18. The molecule has 0 amide bonds. The molecule has 94 valence electrons. The fraction of sp³-hybridized carbons (Fsp3) is 0.818. The van der Waals surface area contributed by atoms with Crippen molar-refractivity contribution in [3.8, 4) is 0 Å². The highest BCUT2D eigenvalue weighted by Crippen LogP contribution is 2.18. The first-order chi connectivity index (χ1) is 7.13. The third-order valence-electron chi connectivity index (χ3n) is 2.07. The summed E-state index contributed by atoms with van der Waals surface area (Å²) < 4.78 is 5.02. The maximum absolute atomic E-state index is 11.7. The van der Waals surface area contributed by atoms with Crippen LogP contribution < -0.4 is 5.73 Å². The molecule has 0 heterocycles. The Bertz CT molecular complexity index is 270. The van der Waals surface area contributed by atoms with E-state index in [1.165, 1.54) is 0 Å². The number of nitrogens with two attached hydrogens (primary N) is 1. The number of unbranched alkanes of at least 4 members (excludes halogenated alkanes) is 1. The summed E-state index contributed by atoms with van der Waals surface area (Å²) in [5, 5.41) is 9.00. The van der Waals surface area contributed by atoms with Crippen LogP contribution in [-0.4, -0.2) is 28.2 Å². The summed E-state index contributed by atoms with van der Waals surface area (Å²) >= 11 is 0. The number of hydrogen-bond donors (Lipinski definition) is 2. The summed E-state index contributed by atoms with van der Waals surface area (Å²) in [7, 11) is 0. The highest BCUT2D eigenvalue weighted by molar-refractivity contribution is 6.03. The van der Waals surface area contributed by atoms with Crippen molar-refractivity contribution < 1.29 is 19.4 Å². The minimum absolute atomic E-state index is 0.0910. The van der Waals surface area contributed by atoms with Gasteiger partial charge in [0, 0.05) is 0 Å². The van der Waals surface area contributed by atoms with E-state index in [1.807, 2.05) is 6.92 Å². The molecule has 0 bridgehead atoms. The summed E-state index contributed by atoms with van der Waals surface area (Å²) in [5.74, 6) is -2.21. The zero-order chi connectivity index (χ0) is 13.0. The van der Waals surface area contributed by atoms with Gasteiger partial charge >= 0.3 is 11.9 Å². The van der Waals surface area contributed by atoms with E-state index in [1.54, 1.807) is 20.8 Å². The van der Waals surface area contributed by atoms with Gasteiger partial charge in [0.05, 0.1) is 0 Å². The lowest BCUT2D eigenvalue weighted by Gasteiger charge is -2.28. The molecule has 0 aliphatic rings. The van der Waals surface area contributed by atoms with Crippen LogP contribution in [0.15, 0.2) is 0 Å². The number of carbonyl (C=O) groups excluding carboxylic acids is 1. The molecule has 0 aliphatic carbocycles. The van der Waals surface area contributed by atoms with Gasteiger partial charge in [-0.2, -0.15) is 0 Å². The second-order valence-corrected chi connectivity index (χ2v) is 4.88. The lowest BCUT2D eigenvalue weighted by molar-refractivity contribution is -0.169. The van der Waals surface area contributed by atoms with E-state index in [2.05, 4.69) is 0 Å². The van der Waals surface area contributed by atoms with Crippen LogP contribution in [0.5, 0.6) is 0 Å². The normalized spacial score (nSPS) is 15.3. The predicted molar refractivity (Wildman–Crippen MR) is 59.9 cm³/mol. The number of esters is 1. The average molecular weight is 231 g/mol. The summed E-state index contributed by atoms with van der Waals surface area (Å²) in [5.41, 5.74) is 2.94. The quantitative estimate of drug-likeness (QED) is 0.550. The second kappa shape index (κ2) is 5.30. The molecule has 0 rings (SSSR count). The lowest BCUT2D eigenvalue weighted by Crippen LogP contribution is -2.57. The van der Waals surface area contributed by atoms with Crippen LogP contribution in [0.2, 0.25) is 0 Å². The Balaban J connectivity index is 4.77. The van der Waals surface area contributed by atoms with Crippen molar-refractivity contribution in [2.24, 2.45) is 5.73 Å². The summed E-state index contributed by atoms with van der Waals surface area (Å²) in [6, 6.07) is 0. The van der Waals surface area contributed by atoms with E-state index in [9.17, 15) is 9.59 Å². The van der Waals surface area contributed by atoms with Crippen molar-refractivity contribution in [1.29, 1.82) is 0 Å². The Kier molecular flexibility index (Phi) is 4.93. The standard InChI is InChI=1S/C11H21NO4/c1-5-6-7-11(12,8(13)14)9(15)16-10(2,3)4/h5-7,12H2,1-4H3,(H,13,14). The molecule has 0 saturated heterocycles. The summed E-state index contributed by atoms with van der Waals surface area (Å²) in [4.78, 5) is 22.7. The van der Waals surface area contributed by atoms with Gasteiger partial charge in [-0.1, -0.05) is 19.8 Å². The molecule has 16 heavy (non-hydrogen) atoms. The van der Waals surface area contributed by atoms with E-state index in [4.69, 9.17) is 15.6 Å². The minimum atomic E-state index is -1.93. The molecule has 0 aromatic heterocycles. The Hall–Kier alpha value is -1.10.